The third kappa shape index (κ3) is 4.23. The van der Waals surface area contributed by atoms with Gasteiger partial charge in [-0.25, -0.2) is 13.4 Å². The van der Waals surface area contributed by atoms with Crippen molar-refractivity contribution in [1.29, 1.82) is 0 Å². The molecule has 4 aromatic rings. The second kappa shape index (κ2) is 7.81. The molecule has 8 heteroatoms. The Kier molecular flexibility index (Phi) is 5.21. The molecule has 0 fully saturated rings. The largest absolute Gasteiger partial charge is 0.337 e. The highest BCUT2D eigenvalue weighted by atomic mass is 32.2. The highest BCUT2D eigenvalue weighted by Gasteiger charge is 2.22. The molecule has 0 atom stereocenters. The van der Waals surface area contributed by atoms with Crippen LogP contribution in [0.3, 0.4) is 0 Å². The number of nitrogens with one attached hydrogen (secondary N) is 1. The molecule has 2 heterocycles. The van der Waals surface area contributed by atoms with Crippen LogP contribution in [0.4, 0.5) is 5.13 Å². The molecule has 0 saturated heterocycles. The van der Waals surface area contributed by atoms with E-state index in [1.807, 2.05) is 43.3 Å². The van der Waals surface area contributed by atoms with Crippen LogP contribution in [0.25, 0.3) is 10.9 Å². The topological polar surface area (TPSA) is 81.1 Å². The van der Waals surface area contributed by atoms with Crippen molar-refractivity contribution in [3.63, 3.8) is 0 Å². The minimum Gasteiger partial charge on any atom is -0.337 e. The SMILES string of the molecule is Cc1ccc(CS(=O)(=O)c2cn(CC(=O)Nc3nccs3)c3ccccc23)cc1. The second-order valence-electron chi connectivity index (χ2n) is 6.77. The van der Waals surface area contributed by atoms with Crippen molar-refractivity contribution < 1.29 is 13.2 Å². The summed E-state index contributed by atoms with van der Waals surface area (Å²) in [4.78, 5) is 16.7. The van der Waals surface area contributed by atoms with E-state index in [9.17, 15) is 13.2 Å². The van der Waals surface area contributed by atoms with Crippen molar-refractivity contribution >= 4 is 43.1 Å². The van der Waals surface area contributed by atoms with Gasteiger partial charge in [-0.15, -0.1) is 11.3 Å². The third-order valence-electron chi connectivity index (χ3n) is 4.56. The number of nitrogens with zero attached hydrogens (tertiary/aromatic N) is 2. The minimum absolute atomic E-state index is 0.000144. The second-order valence-corrected chi connectivity index (χ2v) is 9.62. The number of benzene rings is 2. The number of hydrogen-bond acceptors (Lipinski definition) is 5. The van der Waals surface area contributed by atoms with Crippen LogP contribution in [0, 0.1) is 6.92 Å². The number of para-hydroxylation sites is 1. The highest BCUT2D eigenvalue weighted by molar-refractivity contribution is 7.90. The maximum atomic E-state index is 13.1. The normalized spacial score (nSPS) is 11.6. The summed E-state index contributed by atoms with van der Waals surface area (Å²) in [6.07, 6.45) is 3.16. The molecule has 4 rings (SSSR count). The number of rotatable bonds is 6. The Morgan fingerprint density at radius 1 is 1.14 bits per heavy atom. The summed E-state index contributed by atoms with van der Waals surface area (Å²) in [6, 6.07) is 14.7. The van der Waals surface area contributed by atoms with Crippen molar-refractivity contribution in [3.05, 3.63) is 77.4 Å². The monoisotopic (exact) mass is 425 g/mol. The van der Waals surface area contributed by atoms with Crippen molar-refractivity contribution in [3.8, 4) is 0 Å². The van der Waals surface area contributed by atoms with Crippen LogP contribution in [-0.4, -0.2) is 23.9 Å². The molecule has 1 amide bonds. The van der Waals surface area contributed by atoms with Gasteiger partial charge in [0.2, 0.25) is 5.91 Å². The Hall–Kier alpha value is -2.97. The van der Waals surface area contributed by atoms with Crippen molar-refractivity contribution in [2.75, 3.05) is 5.32 Å². The summed E-state index contributed by atoms with van der Waals surface area (Å²) in [5.41, 5.74) is 2.51. The summed E-state index contributed by atoms with van der Waals surface area (Å²) in [6.45, 7) is 1.96. The van der Waals surface area contributed by atoms with Crippen LogP contribution < -0.4 is 5.32 Å². The fourth-order valence-corrected chi connectivity index (χ4v) is 5.30. The van der Waals surface area contributed by atoms with Gasteiger partial charge in [0.1, 0.15) is 6.54 Å². The number of thiazole rings is 1. The van der Waals surface area contributed by atoms with E-state index in [4.69, 9.17) is 0 Å². The first-order chi connectivity index (χ1) is 13.9. The molecular formula is C21H19N3O3S2. The van der Waals surface area contributed by atoms with Crippen molar-refractivity contribution in [1.82, 2.24) is 9.55 Å². The molecule has 0 bridgehead atoms. The lowest BCUT2D eigenvalue weighted by molar-refractivity contribution is -0.116. The van der Waals surface area contributed by atoms with Gasteiger partial charge in [0.25, 0.3) is 0 Å². The van der Waals surface area contributed by atoms with E-state index in [1.165, 1.54) is 11.3 Å². The van der Waals surface area contributed by atoms with E-state index in [2.05, 4.69) is 10.3 Å². The average Bonchev–Trinajstić information content (AvgIpc) is 3.32. The van der Waals surface area contributed by atoms with Crippen molar-refractivity contribution in [2.45, 2.75) is 24.1 Å². The summed E-state index contributed by atoms with van der Waals surface area (Å²) < 4.78 is 27.9. The molecule has 29 heavy (non-hydrogen) atoms. The molecule has 1 N–H and O–H groups in total. The van der Waals surface area contributed by atoms with E-state index in [-0.39, 0.29) is 23.1 Å². The molecule has 6 nitrogen and oxygen atoms in total. The van der Waals surface area contributed by atoms with E-state index in [0.717, 1.165) is 11.1 Å². The molecular weight excluding hydrogens is 406 g/mol. The summed E-state index contributed by atoms with van der Waals surface area (Å²) >= 11 is 1.33. The molecule has 2 aromatic carbocycles. The van der Waals surface area contributed by atoms with Gasteiger partial charge in [0, 0.05) is 28.7 Å². The average molecular weight is 426 g/mol. The maximum absolute atomic E-state index is 13.1. The molecule has 2 aromatic heterocycles. The summed E-state index contributed by atoms with van der Waals surface area (Å²) in [5, 5.41) is 5.63. The number of sulfone groups is 1. The van der Waals surface area contributed by atoms with Gasteiger partial charge in [-0.05, 0) is 18.6 Å². The Balaban J connectivity index is 1.66. The Morgan fingerprint density at radius 2 is 1.90 bits per heavy atom. The fourth-order valence-electron chi connectivity index (χ4n) is 3.17. The molecule has 0 aliphatic carbocycles. The van der Waals surface area contributed by atoms with Crippen LogP contribution >= 0.6 is 11.3 Å². The highest BCUT2D eigenvalue weighted by Crippen LogP contribution is 2.28. The number of fused-ring (bicyclic) bond motifs is 1. The van der Waals surface area contributed by atoms with Gasteiger partial charge >= 0.3 is 0 Å². The Morgan fingerprint density at radius 3 is 2.62 bits per heavy atom. The minimum atomic E-state index is -3.58. The first kappa shape index (κ1) is 19.4. The van der Waals surface area contributed by atoms with Gasteiger partial charge < -0.3 is 9.88 Å². The number of anilines is 1. The van der Waals surface area contributed by atoms with E-state index in [1.54, 1.807) is 34.5 Å². The summed E-state index contributed by atoms with van der Waals surface area (Å²) in [7, 11) is -3.58. The number of aryl methyl sites for hydroxylation is 1. The lowest BCUT2D eigenvalue weighted by Gasteiger charge is -2.05. The predicted octanol–water partition coefficient (Wildman–Crippen LogP) is 4.02. The van der Waals surface area contributed by atoms with E-state index in [0.29, 0.717) is 16.0 Å². The number of carbonyl (C=O) groups excluding carboxylic acids is 1. The maximum Gasteiger partial charge on any atom is 0.246 e. The Bertz CT molecular complexity index is 1260. The molecule has 0 unspecified atom stereocenters. The first-order valence-electron chi connectivity index (χ1n) is 8.98. The van der Waals surface area contributed by atoms with E-state index >= 15 is 0 Å². The quantitative estimate of drug-likeness (QED) is 0.506. The molecule has 0 aliphatic rings. The van der Waals surface area contributed by atoms with Crippen molar-refractivity contribution in [2.24, 2.45) is 0 Å². The van der Waals surface area contributed by atoms with Gasteiger partial charge in [-0.1, -0.05) is 48.0 Å². The van der Waals surface area contributed by atoms with Crippen LogP contribution in [-0.2, 0) is 26.9 Å². The van der Waals surface area contributed by atoms with Crippen LogP contribution in [0.2, 0.25) is 0 Å². The first-order valence-corrected chi connectivity index (χ1v) is 11.5. The number of aromatic nitrogens is 2. The Labute approximate surface area is 172 Å². The zero-order valence-electron chi connectivity index (χ0n) is 15.7. The van der Waals surface area contributed by atoms with Gasteiger partial charge in [-0.2, -0.15) is 0 Å². The number of hydrogen-bond donors (Lipinski definition) is 1. The third-order valence-corrected chi connectivity index (χ3v) is 6.95. The van der Waals surface area contributed by atoms with Gasteiger partial charge in [0.15, 0.2) is 15.0 Å². The van der Waals surface area contributed by atoms with Crippen LogP contribution in [0.1, 0.15) is 11.1 Å². The fraction of sp³-hybridized carbons (Fsp3) is 0.143. The lowest BCUT2D eigenvalue weighted by atomic mass is 10.2. The molecule has 0 spiro atoms. The molecule has 148 valence electrons. The van der Waals surface area contributed by atoms with Gasteiger partial charge in [-0.3, -0.25) is 4.79 Å². The zero-order valence-corrected chi connectivity index (χ0v) is 17.3. The van der Waals surface area contributed by atoms with E-state index < -0.39 is 9.84 Å². The molecule has 0 radical (unpaired) electrons. The zero-order chi connectivity index (χ0) is 20.4. The number of carbonyl (C=O) groups is 1. The smallest absolute Gasteiger partial charge is 0.246 e. The lowest BCUT2D eigenvalue weighted by Crippen LogP contribution is -2.18. The standard InChI is InChI=1S/C21H19N3O3S2/c1-15-6-8-16(9-7-15)14-29(26,27)19-12-24(18-5-3-2-4-17(18)19)13-20(25)23-21-22-10-11-28-21/h2-12H,13-14H2,1H3,(H,22,23,25). The van der Waals surface area contributed by atoms with Gasteiger partial charge in [0.05, 0.1) is 10.6 Å². The number of amides is 1. The summed E-state index contributed by atoms with van der Waals surface area (Å²) in [5.74, 6) is -0.352. The molecule has 0 saturated carbocycles. The predicted molar refractivity (Wildman–Crippen MR) is 115 cm³/mol. The van der Waals surface area contributed by atoms with Crippen LogP contribution in [0.15, 0.2) is 71.2 Å². The molecule has 0 aliphatic heterocycles. The van der Waals surface area contributed by atoms with Crippen LogP contribution in [0.5, 0.6) is 0 Å².